The van der Waals surface area contributed by atoms with Crippen LogP contribution in [0.1, 0.15) is 44.6 Å². The standard InChI is InChI=1S/C52H45N4O4/c1-60-50(57)49(53-51(41-20-8-2-9-21-41,42-22-10-3-11-23-42)43-24-12-4-13-25-43)36-48-38-55(39-54(48)37-40-32-34-47(35-33-40)56(58)59)52(44-26-14-5-15-27-44,45-28-16-6-17-29-45)46-30-18-7-19-31-46/h2-35,38-39,49,53H,36-37H2,1H3/q+1/t49-/m0/s1. The number of methoxy groups -OCH3 is 1. The first-order valence-electron chi connectivity index (χ1n) is 20.0. The second-order valence-electron chi connectivity index (χ2n) is 14.8. The summed E-state index contributed by atoms with van der Waals surface area (Å²) in [5.41, 5.74) is 5.95. The molecule has 296 valence electrons. The Bertz CT molecular complexity index is 2450. The Hall–Kier alpha value is -7.42. The number of aromatic nitrogens is 2. The van der Waals surface area contributed by atoms with Gasteiger partial charge in [0, 0.05) is 35.2 Å². The zero-order chi connectivity index (χ0) is 41.4. The van der Waals surface area contributed by atoms with Crippen LogP contribution in [0.3, 0.4) is 0 Å². The van der Waals surface area contributed by atoms with Crippen molar-refractivity contribution in [1.82, 2.24) is 9.88 Å². The van der Waals surface area contributed by atoms with E-state index in [4.69, 9.17) is 4.74 Å². The van der Waals surface area contributed by atoms with E-state index in [9.17, 15) is 14.9 Å². The van der Waals surface area contributed by atoms with Crippen LogP contribution in [0.4, 0.5) is 5.69 Å². The van der Waals surface area contributed by atoms with Gasteiger partial charge in [-0.3, -0.25) is 20.2 Å². The molecule has 8 heteroatoms. The molecule has 1 atom stereocenters. The number of imidazole rings is 1. The van der Waals surface area contributed by atoms with Gasteiger partial charge in [0.15, 0.2) is 5.54 Å². The van der Waals surface area contributed by atoms with Gasteiger partial charge in [-0.15, -0.1) is 0 Å². The molecule has 0 spiro atoms. The van der Waals surface area contributed by atoms with Gasteiger partial charge in [-0.1, -0.05) is 182 Å². The summed E-state index contributed by atoms with van der Waals surface area (Å²) in [6.45, 7) is 0.379. The van der Waals surface area contributed by atoms with Crippen molar-refractivity contribution in [1.29, 1.82) is 0 Å². The zero-order valence-electron chi connectivity index (χ0n) is 33.3. The Kier molecular flexibility index (Phi) is 11.6. The van der Waals surface area contributed by atoms with Crippen molar-refractivity contribution in [3.8, 4) is 0 Å². The Morgan fingerprint density at radius 2 is 1.00 bits per heavy atom. The third-order valence-electron chi connectivity index (χ3n) is 11.3. The average molecular weight is 790 g/mol. The highest BCUT2D eigenvalue weighted by atomic mass is 16.6. The number of hydrogen-bond donors (Lipinski definition) is 1. The van der Waals surface area contributed by atoms with Gasteiger partial charge in [0.25, 0.3) is 5.69 Å². The number of nitrogens with one attached hydrogen (secondary N) is 1. The predicted molar refractivity (Wildman–Crippen MR) is 233 cm³/mol. The van der Waals surface area contributed by atoms with Crippen LogP contribution in [0, 0.1) is 10.1 Å². The van der Waals surface area contributed by atoms with Crippen LogP contribution in [-0.4, -0.2) is 28.6 Å². The van der Waals surface area contributed by atoms with Crippen LogP contribution in [0.15, 0.2) is 219 Å². The van der Waals surface area contributed by atoms with E-state index in [-0.39, 0.29) is 12.1 Å². The van der Waals surface area contributed by atoms with Gasteiger partial charge in [-0.05, 0) is 34.4 Å². The number of nitro groups is 1. The molecular weight excluding hydrogens is 745 g/mol. The summed E-state index contributed by atoms with van der Waals surface area (Å²) in [6, 6.07) is 67.6. The first-order chi connectivity index (χ1) is 29.4. The lowest BCUT2D eigenvalue weighted by Crippen LogP contribution is -2.57. The van der Waals surface area contributed by atoms with Gasteiger partial charge in [-0.2, -0.15) is 0 Å². The van der Waals surface area contributed by atoms with Gasteiger partial charge in [0.2, 0.25) is 6.33 Å². The SMILES string of the molecule is COC(=O)[C@H](Cc1c[n+](C(c2ccccc2)(c2ccccc2)c2ccccc2)cn1Cc1ccc([N+](=O)[O-])cc1)NC(c1ccccc1)(c1ccccc1)c1ccccc1. The summed E-state index contributed by atoms with van der Waals surface area (Å²) < 4.78 is 10.0. The quantitative estimate of drug-likeness (QED) is 0.0368. The second-order valence-corrected chi connectivity index (χ2v) is 14.8. The summed E-state index contributed by atoms with van der Waals surface area (Å²) in [7, 11) is 1.42. The number of nitro benzene ring substituents is 1. The van der Waals surface area contributed by atoms with Gasteiger partial charge >= 0.3 is 5.97 Å². The van der Waals surface area contributed by atoms with Crippen LogP contribution in [0.25, 0.3) is 0 Å². The Balaban J connectivity index is 1.35. The fourth-order valence-electron chi connectivity index (χ4n) is 8.51. The maximum atomic E-state index is 14.4. The van der Waals surface area contributed by atoms with Crippen molar-refractivity contribution in [3.63, 3.8) is 0 Å². The molecule has 0 amide bonds. The van der Waals surface area contributed by atoms with E-state index in [0.717, 1.165) is 44.6 Å². The van der Waals surface area contributed by atoms with Crippen LogP contribution in [0.2, 0.25) is 0 Å². The average Bonchev–Trinajstić information content (AvgIpc) is 3.71. The number of nitrogens with zero attached hydrogens (tertiary/aromatic N) is 3. The molecule has 1 aromatic heterocycles. The minimum Gasteiger partial charge on any atom is -0.468 e. The summed E-state index contributed by atoms with van der Waals surface area (Å²) in [5, 5.41) is 15.5. The minimum atomic E-state index is -0.962. The molecule has 1 N–H and O–H groups in total. The second kappa shape index (κ2) is 17.6. The Morgan fingerprint density at radius 1 is 0.617 bits per heavy atom. The van der Waals surface area contributed by atoms with Crippen molar-refractivity contribution < 1.29 is 19.0 Å². The minimum absolute atomic E-state index is 0.0202. The maximum Gasteiger partial charge on any atom is 0.323 e. The first-order valence-corrected chi connectivity index (χ1v) is 20.0. The van der Waals surface area contributed by atoms with Gasteiger partial charge < -0.3 is 4.74 Å². The lowest BCUT2D eigenvalue weighted by molar-refractivity contribution is -0.734. The van der Waals surface area contributed by atoms with Crippen molar-refractivity contribution in [2.75, 3.05) is 7.11 Å². The van der Waals surface area contributed by atoms with E-state index < -0.39 is 28.0 Å². The van der Waals surface area contributed by atoms with E-state index in [1.807, 2.05) is 72.8 Å². The number of esters is 1. The molecule has 7 aromatic carbocycles. The highest BCUT2D eigenvalue weighted by molar-refractivity contribution is 5.76. The molecule has 8 aromatic rings. The van der Waals surface area contributed by atoms with E-state index >= 15 is 0 Å². The van der Waals surface area contributed by atoms with Crippen LogP contribution in [0.5, 0.6) is 0 Å². The van der Waals surface area contributed by atoms with Crippen LogP contribution >= 0.6 is 0 Å². The number of rotatable bonds is 15. The predicted octanol–water partition coefficient (Wildman–Crippen LogP) is 9.24. The lowest BCUT2D eigenvalue weighted by Gasteiger charge is -2.39. The van der Waals surface area contributed by atoms with E-state index in [0.29, 0.717) is 6.54 Å². The molecule has 0 aliphatic carbocycles. The molecule has 8 nitrogen and oxygen atoms in total. The zero-order valence-corrected chi connectivity index (χ0v) is 33.3. The van der Waals surface area contributed by atoms with E-state index in [1.54, 1.807) is 12.1 Å². The number of hydrogen-bond acceptors (Lipinski definition) is 5. The van der Waals surface area contributed by atoms with Gasteiger partial charge in [-0.25, -0.2) is 9.13 Å². The van der Waals surface area contributed by atoms with Gasteiger partial charge in [0.1, 0.15) is 24.5 Å². The summed E-state index contributed by atoms with van der Waals surface area (Å²) >= 11 is 0. The topological polar surface area (TPSA) is 90.3 Å². The summed E-state index contributed by atoms with van der Waals surface area (Å²) in [6.07, 6.45) is 4.46. The molecule has 0 bridgehead atoms. The first kappa shape index (κ1) is 39.4. The molecule has 60 heavy (non-hydrogen) atoms. The summed E-state index contributed by atoms with van der Waals surface area (Å²) in [5.74, 6) is -0.419. The number of non-ortho nitro benzene ring substituents is 1. The molecule has 0 radical (unpaired) electrons. The summed E-state index contributed by atoms with van der Waals surface area (Å²) in [4.78, 5) is 25.6. The molecule has 0 saturated carbocycles. The van der Waals surface area contributed by atoms with Crippen LogP contribution < -0.4 is 9.88 Å². The maximum absolute atomic E-state index is 14.4. The third kappa shape index (κ3) is 7.64. The normalized spacial score (nSPS) is 12.1. The molecule has 0 unspecified atom stereocenters. The molecular formula is C52H45N4O4+. The molecule has 8 rings (SSSR count). The van der Waals surface area contributed by atoms with Gasteiger partial charge in [0.05, 0.1) is 17.6 Å². The number of carbonyl (C=O) groups is 1. The highest BCUT2D eigenvalue weighted by Gasteiger charge is 2.45. The molecule has 1 heterocycles. The smallest absolute Gasteiger partial charge is 0.323 e. The fourth-order valence-corrected chi connectivity index (χ4v) is 8.51. The number of benzene rings is 7. The molecule has 0 aliphatic rings. The van der Waals surface area contributed by atoms with E-state index in [2.05, 4.69) is 136 Å². The van der Waals surface area contributed by atoms with Crippen LogP contribution in [-0.2, 0) is 33.6 Å². The molecule has 0 fully saturated rings. The largest absolute Gasteiger partial charge is 0.468 e. The molecule has 0 saturated heterocycles. The van der Waals surface area contributed by atoms with Crippen molar-refractivity contribution in [2.45, 2.75) is 30.1 Å². The lowest BCUT2D eigenvalue weighted by atomic mass is 9.76. The number of ether oxygens (including phenoxy) is 1. The number of carbonyl (C=O) groups excluding carboxylic acids is 1. The van der Waals surface area contributed by atoms with Crippen molar-refractivity contribution in [3.05, 3.63) is 274 Å². The van der Waals surface area contributed by atoms with E-state index in [1.165, 1.54) is 19.2 Å². The van der Waals surface area contributed by atoms with Crippen molar-refractivity contribution in [2.24, 2.45) is 0 Å². The molecule has 0 aliphatic heterocycles. The highest BCUT2D eigenvalue weighted by Crippen LogP contribution is 2.39. The Labute approximate surface area is 350 Å². The van der Waals surface area contributed by atoms with Crippen molar-refractivity contribution >= 4 is 11.7 Å². The fraction of sp³-hybridized carbons (Fsp3) is 0.115. The monoisotopic (exact) mass is 789 g/mol. The third-order valence-corrected chi connectivity index (χ3v) is 11.3. The Morgan fingerprint density at radius 3 is 1.37 bits per heavy atom.